The van der Waals surface area contributed by atoms with Crippen molar-refractivity contribution in [1.29, 1.82) is 0 Å². The van der Waals surface area contributed by atoms with E-state index in [1.165, 1.54) is 6.07 Å². The molecule has 4 rings (SSSR count). The van der Waals surface area contributed by atoms with Crippen LogP contribution in [0.3, 0.4) is 0 Å². The fourth-order valence-corrected chi connectivity index (χ4v) is 4.46. The molecule has 2 aromatic carbocycles. The number of pyridine rings is 1. The summed E-state index contributed by atoms with van der Waals surface area (Å²) in [6.07, 6.45) is 5.47. The van der Waals surface area contributed by atoms with Gasteiger partial charge in [0.05, 0.1) is 31.9 Å². The monoisotopic (exact) mass is 483 g/mol. The van der Waals surface area contributed by atoms with Crippen LogP contribution in [0.25, 0.3) is 17.0 Å². The van der Waals surface area contributed by atoms with E-state index in [9.17, 15) is 13.9 Å². The summed E-state index contributed by atoms with van der Waals surface area (Å²) < 4.78 is 38.5. The fraction of sp³-hybridized carbons (Fsp3) is 0.370. The largest absolute Gasteiger partial charge is 0.481 e. The van der Waals surface area contributed by atoms with E-state index in [0.29, 0.717) is 25.5 Å². The Balaban J connectivity index is 1.30. The Kier molecular flexibility index (Phi) is 8.41. The van der Waals surface area contributed by atoms with E-state index in [4.69, 9.17) is 15.2 Å². The van der Waals surface area contributed by atoms with Crippen LogP contribution in [0.15, 0.2) is 48.5 Å². The van der Waals surface area contributed by atoms with E-state index in [1.807, 2.05) is 24.3 Å². The lowest BCUT2D eigenvalue weighted by Gasteiger charge is -2.33. The van der Waals surface area contributed by atoms with Gasteiger partial charge in [0, 0.05) is 35.1 Å². The maximum atomic E-state index is 13.7. The average molecular weight is 484 g/mol. The highest BCUT2D eigenvalue weighted by molar-refractivity contribution is 5.83. The SMILES string of the molecule is COc1nc2cccc(CO)c2cc1C[C@H](N)[C@@H]1CC[C@@H](NCC=Cc2cc(F)ccc2F)CO1. The number of nitrogens with two attached hydrogens (primary N) is 1. The lowest BCUT2D eigenvalue weighted by Crippen LogP contribution is -2.47. The van der Waals surface area contributed by atoms with Gasteiger partial charge in [0.25, 0.3) is 0 Å². The first-order valence-corrected chi connectivity index (χ1v) is 11.8. The second-order valence-corrected chi connectivity index (χ2v) is 8.79. The molecule has 0 spiro atoms. The molecule has 3 aromatic rings. The van der Waals surface area contributed by atoms with Crippen LogP contribution < -0.4 is 15.8 Å². The Morgan fingerprint density at radius 2 is 2.09 bits per heavy atom. The van der Waals surface area contributed by atoms with E-state index in [-0.39, 0.29) is 30.4 Å². The van der Waals surface area contributed by atoms with Crippen LogP contribution in [0.5, 0.6) is 5.88 Å². The van der Waals surface area contributed by atoms with Gasteiger partial charge in [-0.3, -0.25) is 0 Å². The smallest absolute Gasteiger partial charge is 0.216 e. The van der Waals surface area contributed by atoms with Crippen molar-refractivity contribution in [3.63, 3.8) is 0 Å². The molecule has 0 bridgehead atoms. The number of aliphatic hydroxyl groups is 1. The van der Waals surface area contributed by atoms with Crippen LogP contribution in [0, 0.1) is 11.6 Å². The molecule has 8 heteroatoms. The van der Waals surface area contributed by atoms with Crippen LogP contribution in [0.2, 0.25) is 0 Å². The van der Waals surface area contributed by atoms with Gasteiger partial charge in [0.1, 0.15) is 11.6 Å². The molecule has 0 saturated carbocycles. The number of ether oxygens (including phenoxy) is 2. The highest BCUT2D eigenvalue weighted by Gasteiger charge is 2.27. The molecule has 1 fully saturated rings. The Labute approximate surface area is 203 Å². The van der Waals surface area contributed by atoms with Crippen molar-refractivity contribution in [3.05, 3.63) is 76.9 Å². The van der Waals surface area contributed by atoms with E-state index < -0.39 is 11.6 Å². The first kappa shape index (κ1) is 25.2. The number of nitrogens with zero attached hydrogens (tertiary/aromatic N) is 1. The summed E-state index contributed by atoms with van der Waals surface area (Å²) in [6.45, 7) is 0.972. The third kappa shape index (κ3) is 6.21. The maximum absolute atomic E-state index is 13.7. The normalized spacial score (nSPS) is 19.3. The molecule has 1 aliphatic rings. The molecule has 1 saturated heterocycles. The number of hydrogen-bond acceptors (Lipinski definition) is 6. The zero-order valence-electron chi connectivity index (χ0n) is 19.7. The Hall–Kier alpha value is -2.91. The minimum absolute atomic E-state index is 0.0661. The van der Waals surface area contributed by atoms with E-state index in [2.05, 4.69) is 10.3 Å². The first-order valence-electron chi connectivity index (χ1n) is 11.8. The molecule has 0 aliphatic carbocycles. The number of aromatic nitrogens is 1. The summed E-state index contributed by atoms with van der Waals surface area (Å²) >= 11 is 0. The number of methoxy groups -OCH3 is 1. The van der Waals surface area contributed by atoms with Gasteiger partial charge in [0.15, 0.2) is 0 Å². The third-order valence-corrected chi connectivity index (χ3v) is 6.38. The molecule has 3 atom stereocenters. The second kappa shape index (κ2) is 11.7. The van der Waals surface area contributed by atoms with Crippen LogP contribution in [-0.4, -0.2) is 48.5 Å². The van der Waals surface area contributed by atoms with Crippen LogP contribution in [-0.2, 0) is 17.8 Å². The van der Waals surface area contributed by atoms with Gasteiger partial charge in [-0.25, -0.2) is 13.8 Å². The predicted octanol–water partition coefficient (Wildman–Crippen LogP) is 3.73. The van der Waals surface area contributed by atoms with E-state index in [0.717, 1.165) is 47.0 Å². The molecule has 4 N–H and O–H groups in total. The number of hydrogen-bond donors (Lipinski definition) is 3. The molecule has 0 amide bonds. The van der Waals surface area contributed by atoms with E-state index in [1.54, 1.807) is 19.3 Å². The van der Waals surface area contributed by atoms with E-state index >= 15 is 0 Å². The molecule has 6 nitrogen and oxygen atoms in total. The second-order valence-electron chi connectivity index (χ2n) is 8.79. The molecule has 0 radical (unpaired) electrons. The number of fused-ring (bicyclic) bond motifs is 1. The predicted molar refractivity (Wildman–Crippen MR) is 132 cm³/mol. The van der Waals surface area contributed by atoms with Crippen molar-refractivity contribution in [1.82, 2.24) is 10.3 Å². The molecule has 0 unspecified atom stereocenters. The highest BCUT2D eigenvalue weighted by Crippen LogP contribution is 2.27. The van der Waals surface area contributed by atoms with Gasteiger partial charge in [-0.05, 0) is 55.2 Å². The third-order valence-electron chi connectivity index (χ3n) is 6.38. The van der Waals surface area contributed by atoms with Gasteiger partial charge in [-0.15, -0.1) is 0 Å². The van der Waals surface area contributed by atoms with Crippen LogP contribution in [0.1, 0.15) is 29.5 Å². The summed E-state index contributed by atoms with van der Waals surface area (Å²) in [5.41, 5.74) is 9.20. The summed E-state index contributed by atoms with van der Waals surface area (Å²) in [4.78, 5) is 4.60. The van der Waals surface area contributed by atoms with Crippen molar-refractivity contribution in [2.75, 3.05) is 20.3 Å². The quantitative estimate of drug-likeness (QED) is 0.430. The number of nitrogens with one attached hydrogen (secondary N) is 1. The van der Waals surface area contributed by atoms with Crippen molar-refractivity contribution >= 4 is 17.0 Å². The standard InChI is InChI=1S/C27H31F2N3O3/c1-34-27-19(13-22-18(15-33)4-2-6-25(22)32-27)14-24(30)26-10-8-21(16-35-26)31-11-3-5-17-12-20(28)7-9-23(17)29/h2-7,9,12-13,21,24,26,31,33H,8,10-11,14-16,30H2,1H3/t21-,24+,26+/m1/s1. The molecule has 186 valence electrons. The minimum Gasteiger partial charge on any atom is -0.481 e. The Bertz CT molecular complexity index is 1180. The molecule has 2 heterocycles. The van der Waals surface area contributed by atoms with Gasteiger partial charge >= 0.3 is 0 Å². The van der Waals surface area contributed by atoms with Crippen molar-refractivity contribution in [3.8, 4) is 5.88 Å². The lowest BCUT2D eigenvalue weighted by molar-refractivity contribution is -0.0157. The van der Waals surface area contributed by atoms with Gasteiger partial charge in [-0.1, -0.05) is 24.3 Å². The summed E-state index contributed by atoms with van der Waals surface area (Å²) in [7, 11) is 1.59. The summed E-state index contributed by atoms with van der Waals surface area (Å²) in [5.74, 6) is -0.390. The molecular formula is C27H31F2N3O3. The number of halogens is 2. The van der Waals surface area contributed by atoms with Crippen LogP contribution >= 0.6 is 0 Å². The summed E-state index contributed by atoms with van der Waals surface area (Å²) in [6, 6.07) is 10.9. The molecular weight excluding hydrogens is 452 g/mol. The average Bonchev–Trinajstić information content (AvgIpc) is 2.88. The zero-order valence-corrected chi connectivity index (χ0v) is 19.7. The maximum Gasteiger partial charge on any atom is 0.216 e. The van der Waals surface area contributed by atoms with Crippen molar-refractivity contribution in [2.45, 2.75) is 44.1 Å². The fourth-order valence-electron chi connectivity index (χ4n) is 4.46. The van der Waals surface area contributed by atoms with Crippen molar-refractivity contribution in [2.24, 2.45) is 5.73 Å². The zero-order chi connectivity index (χ0) is 24.8. The molecule has 1 aliphatic heterocycles. The van der Waals surface area contributed by atoms with Gasteiger partial charge in [-0.2, -0.15) is 0 Å². The van der Waals surface area contributed by atoms with Gasteiger partial charge in [0.2, 0.25) is 5.88 Å². The Morgan fingerprint density at radius 1 is 1.23 bits per heavy atom. The topological polar surface area (TPSA) is 89.6 Å². The first-order chi connectivity index (χ1) is 17.0. The number of benzene rings is 2. The van der Waals surface area contributed by atoms with Gasteiger partial charge < -0.3 is 25.6 Å². The molecule has 1 aromatic heterocycles. The highest BCUT2D eigenvalue weighted by atomic mass is 19.1. The van der Waals surface area contributed by atoms with Crippen molar-refractivity contribution < 1.29 is 23.4 Å². The number of rotatable bonds is 9. The lowest BCUT2D eigenvalue weighted by atomic mass is 9.94. The molecule has 35 heavy (non-hydrogen) atoms. The Morgan fingerprint density at radius 3 is 2.83 bits per heavy atom. The minimum atomic E-state index is -0.465. The summed E-state index contributed by atoms with van der Waals surface area (Å²) in [5, 5.41) is 13.9. The van der Waals surface area contributed by atoms with Crippen LogP contribution in [0.4, 0.5) is 8.78 Å². The number of aliphatic hydroxyl groups excluding tert-OH is 1.